The minimum absolute atomic E-state index is 0.00527. The Morgan fingerprint density at radius 3 is 2.68 bits per heavy atom. The molecule has 0 bridgehead atoms. The summed E-state index contributed by atoms with van der Waals surface area (Å²) in [5, 5.41) is 15.2. The number of nitrogens with zero attached hydrogens (tertiary/aromatic N) is 3. The predicted octanol–water partition coefficient (Wildman–Crippen LogP) is 4.23. The number of rotatable bonds is 7. The Kier molecular flexibility index (Phi) is 7.33. The molecule has 180 valence electrons. The van der Waals surface area contributed by atoms with Crippen molar-refractivity contribution in [2.24, 2.45) is 0 Å². The van der Waals surface area contributed by atoms with E-state index in [2.05, 4.69) is 20.6 Å². The number of aromatic hydroxyl groups is 1. The van der Waals surface area contributed by atoms with Gasteiger partial charge in [-0.3, -0.25) is 4.90 Å². The molecule has 3 aromatic rings. The average Bonchev–Trinajstić information content (AvgIpc) is 2.81. The second-order valence-corrected chi connectivity index (χ2v) is 8.59. The van der Waals surface area contributed by atoms with Gasteiger partial charge in [0.05, 0.1) is 5.69 Å². The van der Waals surface area contributed by atoms with Crippen LogP contribution in [0.5, 0.6) is 5.75 Å². The topological polar surface area (TPSA) is 73.3 Å². The Bertz CT molecular complexity index is 1090. The van der Waals surface area contributed by atoms with E-state index in [0.29, 0.717) is 25.6 Å². The van der Waals surface area contributed by atoms with Crippen molar-refractivity contribution >= 4 is 5.95 Å². The summed E-state index contributed by atoms with van der Waals surface area (Å²) in [6, 6.07) is 15.1. The lowest BCUT2D eigenvalue weighted by molar-refractivity contribution is -0.168. The fraction of sp³-hybridized carbons (Fsp3) is 0.360. The van der Waals surface area contributed by atoms with Gasteiger partial charge < -0.3 is 15.7 Å². The van der Waals surface area contributed by atoms with Gasteiger partial charge in [-0.15, -0.1) is 0 Å². The zero-order valence-electron chi connectivity index (χ0n) is 18.9. The number of nitrogens with one attached hydrogen (secondary N) is 2. The number of phenols is 1. The predicted molar refractivity (Wildman–Crippen MR) is 125 cm³/mol. The van der Waals surface area contributed by atoms with E-state index in [1.54, 1.807) is 18.3 Å². The van der Waals surface area contributed by atoms with Crippen LogP contribution in [0.3, 0.4) is 0 Å². The van der Waals surface area contributed by atoms with E-state index in [0.717, 1.165) is 28.8 Å². The molecule has 34 heavy (non-hydrogen) atoms. The Labute approximate surface area is 196 Å². The highest BCUT2D eigenvalue weighted by Crippen LogP contribution is 2.26. The van der Waals surface area contributed by atoms with Crippen LogP contribution < -0.4 is 10.6 Å². The smallest absolute Gasteiger partial charge is 0.405 e. The van der Waals surface area contributed by atoms with Crippen LogP contribution in [-0.2, 0) is 13.0 Å². The second kappa shape index (κ2) is 10.4. The van der Waals surface area contributed by atoms with Gasteiger partial charge >= 0.3 is 6.18 Å². The Balaban J connectivity index is 1.40. The minimum Gasteiger partial charge on any atom is -0.508 e. The molecule has 1 aromatic heterocycles. The van der Waals surface area contributed by atoms with Crippen LogP contribution in [0, 0.1) is 0 Å². The molecule has 0 spiro atoms. The number of alkyl halides is 3. The van der Waals surface area contributed by atoms with E-state index in [4.69, 9.17) is 0 Å². The molecule has 2 heterocycles. The third-order valence-corrected chi connectivity index (χ3v) is 5.99. The number of aromatic nitrogens is 2. The Hall–Kier alpha value is -3.17. The maximum absolute atomic E-state index is 13.2. The molecule has 0 saturated carbocycles. The molecule has 6 nitrogen and oxygen atoms in total. The molecular weight excluding hydrogens is 443 g/mol. The van der Waals surface area contributed by atoms with Crippen molar-refractivity contribution in [3.8, 4) is 17.0 Å². The number of phenolic OH excluding ortho intramolecular Hbond substituents is 1. The van der Waals surface area contributed by atoms with Crippen molar-refractivity contribution < 1.29 is 18.3 Å². The zero-order valence-corrected chi connectivity index (χ0v) is 18.9. The van der Waals surface area contributed by atoms with Crippen LogP contribution in [0.1, 0.15) is 18.1 Å². The fourth-order valence-electron chi connectivity index (χ4n) is 4.01. The first-order valence-electron chi connectivity index (χ1n) is 11.3. The van der Waals surface area contributed by atoms with Crippen LogP contribution in [0.25, 0.3) is 11.3 Å². The number of halogens is 3. The summed E-state index contributed by atoms with van der Waals surface area (Å²) >= 11 is 0. The summed E-state index contributed by atoms with van der Waals surface area (Å²) in [5.74, 6) is 0.743. The molecule has 9 heteroatoms. The second-order valence-electron chi connectivity index (χ2n) is 8.59. The first kappa shape index (κ1) is 24.0. The number of benzene rings is 2. The van der Waals surface area contributed by atoms with Gasteiger partial charge in [-0.25, -0.2) is 9.97 Å². The molecule has 0 radical (unpaired) electrons. The number of hydrogen-bond donors (Lipinski definition) is 3. The van der Waals surface area contributed by atoms with E-state index >= 15 is 0 Å². The van der Waals surface area contributed by atoms with Crippen molar-refractivity contribution in [3.63, 3.8) is 0 Å². The van der Waals surface area contributed by atoms with Crippen molar-refractivity contribution in [1.82, 2.24) is 20.2 Å². The maximum Gasteiger partial charge on any atom is 0.405 e. The molecule has 1 fully saturated rings. The largest absolute Gasteiger partial charge is 0.508 e. The first-order chi connectivity index (χ1) is 16.3. The quantitative estimate of drug-likeness (QED) is 0.479. The molecule has 2 atom stereocenters. The highest BCUT2D eigenvalue weighted by atomic mass is 19.4. The average molecular weight is 472 g/mol. The van der Waals surface area contributed by atoms with Gasteiger partial charge in [-0.2, -0.15) is 13.2 Å². The van der Waals surface area contributed by atoms with Gasteiger partial charge in [0.25, 0.3) is 0 Å². The van der Waals surface area contributed by atoms with Crippen molar-refractivity contribution in [1.29, 1.82) is 0 Å². The lowest BCUT2D eigenvalue weighted by Crippen LogP contribution is -2.60. The number of piperazine rings is 1. The molecule has 3 N–H and O–H groups in total. The van der Waals surface area contributed by atoms with Crippen molar-refractivity contribution in [3.05, 3.63) is 71.9 Å². The zero-order chi connectivity index (χ0) is 24.1. The van der Waals surface area contributed by atoms with Crippen LogP contribution >= 0.6 is 0 Å². The highest BCUT2D eigenvalue weighted by Gasteiger charge is 2.43. The lowest BCUT2D eigenvalue weighted by atomic mass is 10.0. The van der Waals surface area contributed by atoms with E-state index in [-0.39, 0.29) is 18.3 Å². The van der Waals surface area contributed by atoms with Crippen molar-refractivity contribution in [2.45, 2.75) is 38.1 Å². The van der Waals surface area contributed by atoms with Crippen LogP contribution in [0.2, 0.25) is 0 Å². The van der Waals surface area contributed by atoms with Gasteiger partial charge in [0.2, 0.25) is 5.95 Å². The monoisotopic (exact) mass is 471 g/mol. The molecule has 4 rings (SSSR count). The summed E-state index contributed by atoms with van der Waals surface area (Å²) in [7, 11) is 0. The van der Waals surface area contributed by atoms with Crippen LogP contribution in [0.4, 0.5) is 19.1 Å². The Morgan fingerprint density at radius 2 is 1.91 bits per heavy atom. The van der Waals surface area contributed by atoms with E-state index in [9.17, 15) is 18.3 Å². The SMILES string of the molecule is CC1CNC(C(F)(F)F)CN1Cc1cccc(-c2ccnc(NCCc3ccc(O)cc3)n2)c1. The molecule has 0 amide bonds. The summed E-state index contributed by atoms with van der Waals surface area (Å²) < 4.78 is 39.6. The summed E-state index contributed by atoms with van der Waals surface area (Å²) in [6.07, 6.45) is -1.82. The van der Waals surface area contributed by atoms with E-state index < -0.39 is 12.2 Å². The molecule has 0 aliphatic carbocycles. The summed E-state index contributed by atoms with van der Waals surface area (Å²) in [4.78, 5) is 10.7. The molecule has 2 aromatic carbocycles. The fourth-order valence-corrected chi connectivity index (χ4v) is 4.01. The van der Waals surface area contributed by atoms with Gasteiger partial charge in [0, 0.05) is 44.0 Å². The number of anilines is 1. The van der Waals surface area contributed by atoms with Gasteiger partial charge in [0.1, 0.15) is 11.8 Å². The third-order valence-electron chi connectivity index (χ3n) is 5.99. The molecular formula is C25H28F3N5O. The first-order valence-corrected chi connectivity index (χ1v) is 11.3. The van der Waals surface area contributed by atoms with E-state index in [1.165, 1.54) is 0 Å². The van der Waals surface area contributed by atoms with Gasteiger partial charge in [-0.05, 0) is 48.7 Å². The van der Waals surface area contributed by atoms with Crippen LogP contribution in [-0.4, -0.2) is 57.9 Å². The highest BCUT2D eigenvalue weighted by molar-refractivity contribution is 5.61. The molecule has 1 saturated heterocycles. The normalized spacial score (nSPS) is 19.2. The van der Waals surface area contributed by atoms with E-state index in [1.807, 2.05) is 54.3 Å². The maximum atomic E-state index is 13.2. The molecule has 2 unspecified atom stereocenters. The summed E-state index contributed by atoms with van der Waals surface area (Å²) in [5.41, 5.74) is 3.65. The van der Waals surface area contributed by atoms with Crippen LogP contribution in [0.15, 0.2) is 60.8 Å². The summed E-state index contributed by atoms with van der Waals surface area (Å²) in [6.45, 7) is 3.23. The molecule has 1 aliphatic heterocycles. The van der Waals surface area contributed by atoms with Gasteiger partial charge in [0.15, 0.2) is 0 Å². The lowest BCUT2D eigenvalue weighted by Gasteiger charge is -2.39. The third kappa shape index (κ3) is 6.24. The number of hydrogen-bond acceptors (Lipinski definition) is 6. The minimum atomic E-state index is -4.26. The Morgan fingerprint density at radius 1 is 1.12 bits per heavy atom. The molecule has 1 aliphatic rings. The standard InChI is InChI=1S/C25H28F3N5O/c1-17-14-31-23(25(26,27)28)16-33(17)15-19-3-2-4-20(13-19)22-10-12-30-24(32-22)29-11-9-18-5-7-21(34)8-6-18/h2-8,10,12-13,17,23,31,34H,9,11,14-16H2,1H3,(H,29,30,32). The van der Waals surface area contributed by atoms with Gasteiger partial charge in [-0.1, -0.05) is 30.3 Å². The van der Waals surface area contributed by atoms with Crippen molar-refractivity contribution in [2.75, 3.05) is 25.0 Å².